The fraction of sp³-hybridized carbons (Fsp3) is 0.444. The normalized spacial score (nSPS) is 12.1. The van der Waals surface area contributed by atoms with Crippen LogP contribution in [-0.4, -0.2) is 34.3 Å². The van der Waals surface area contributed by atoms with Gasteiger partial charge in [-0.1, -0.05) is 0 Å². The number of amides is 1. The summed E-state index contributed by atoms with van der Waals surface area (Å²) in [5.74, 6) is -0.370. The van der Waals surface area contributed by atoms with Gasteiger partial charge in [0.2, 0.25) is 12.2 Å². The van der Waals surface area contributed by atoms with Gasteiger partial charge in [0, 0.05) is 25.4 Å². The Labute approximate surface area is 87.5 Å². The van der Waals surface area contributed by atoms with Crippen molar-refractivity contribution in [3.05, 3.63) is 18.2 Å². The fourth-order valence-corrected chi connectivity index (χ4v) is 1.17. The average Bonchev–Trinajstić information content (AvgIpc) is 2.63. The van der Waals surface area contributed by atoms with Gasteiger partial charge in [-0.2, -0.15) is 0 Å². The van der Waals surface area contributed by atoms with Crippen LogP contribution in [0.2, 0.25) is 0 Å². The molecule has 0 saturated carbocycles. The molecule has 0 bridgehead atoms. The number of nitrogens with one attached hydrogen (secondary N) is 1. The van der Waals surface area contributed by atoms with Crippen molar-refractivity contribution in [2.75, 3.05) is 6.54 Å². The van der Waals surface area contributed by atoms with Crippen molar-refractivity contribution < 1.29 is 9.59 Å². The van der Waals surface area contributed by atoms with Gasteiger partial charge in [-0.25, -0.2) is 4.98 Å². The lowest BCUT2D eigenvalue weighted by atomic mass is 10.2. The Balaban J connectivity index is 2.58. The van der Waals surface area contributed by atoms with E-state index in [0.717, 1.165) is 5.69 Å². The monoisotopic (exact) mass is 209 g/mol. The van der Waals surface area contributed by atoms with Gasteiger partial charge < -0.3 is 15.6 Å². The molecule has 1 aromatic heterocycles. The largest absolute Gasteiger partial charge is 0.344 e. The molecular weight excluding hydrogens is 196 g/mol. The zero-order chi connectivity index (χ0) is 11.3. The van der Waals surface area contributed by atoms with Crippen molar-refractivity contribution in [1.82, 2.24) is 14.9 Å². The van der Waals surface area contributed by atoms with Crippen LogP contribution in [0, 0.1) is 0 Å². The highest BCUT2D eigenvalue weighted by Gasteiger charge is 2.13. The minimum absolute atomic E-state index is 0.135. The minimum atomic E-state index is -0.670. The number of rotatable bonds is 5. The van der Waals surface area contributed by atoms with Gasteiger partial charge in [0.1, 0.15) is 6.04 Å². The third kappa shape index (κ3) is 3.17. The second-order valence-corrected chi connectivity index (χ2v) is 3.14. The van der Waals surface area contributed by atoms with E-state index in [4.69, 9.17) is 5.73 Å². The number of nitrogens with zero attached hydrogens (tertiary/aromatic N) is 2. The summed E-state index contributed by atoms with van der Waals surface area (Å²) in [6.45, 7) is -0.135. The first-order valence-electron chi connectivity index (χ1n) is 4.49. The van der Waals surface area contributed by atoms with Gasteiger partial charge >= 0.3 is 0 Å². The molecule has 1 radical (unpaired) electrons. The molecule has 1 atom stereocenters. The smallest absolute Gasteiger partial charge is 0.234 e. The van der Waals surface area contributed by atoms with Crippen LogP contribution in [0.15, 0.2) is 12.5 Å². The van der Waals surface area contributed by atoms with E-state index in [9.17, 15) is 9.59 Å². The lowest BCUT2D eigenvalue weighted by Crippen LogP contribution is -2.41. The summed E-state index contributed by atoms with van der Waals surface area (Å²) in [5, 5.41) is 2.45. The van der Waals surface area contributed by atoms with Crippen molar-refractivity contribution >= 4 is 12.2 Å². The quantitative estimate of drug-likeness (QED) is 0.618. The second kappa shape index (κ2) is 5.26. The number of hydrogen-bond donors (Lipinski definition) is 2. The van der Waals surface area contributed by atoms with Gasteiger partial charge in [-0.15, -0.1) is 0 Å². The van der Waals surface area contributed by atoms with Crippen molar-refractivity contribution in [3.8, 4) is 0 Å². The maximum atomic E-state index is 11.0. The summed E-state index contributed by atoms with van der Waals surface area (Å²) in [7, 11) is 1.81. The van der Waals surface area contributed by atoms with Crippen molar-refractivity contribution in [2.45, 2.75) is 12.5 Å². The Morgan fingerprint density at radius 2 is 2.53 bits per heavy atom. The van der Waals surface area contributed by atoms with Crippen molar-refractivity contribution in [1.29, 1.82) is 0 Å². The summed E-state index contributed by atoms with van der Waals surface area (Å²) >= 11 is 0. The average molecular weight is 209 g/mol. The predicted octanol–water partition coefficient (Wildman–Crippen LogP) is -1.48. The predicted molar refractivity (Wildman–Crippen MR) is 53.6 cm³/mol. The Kier molecular flexibility index (Phi) is 3.99. The first kappa shape index (κ1) is 11.4. The van der Waals surface area contributed by atoms with Crippen LogP contribution >= 0.6 is 0 Å². The minimum Gasteiger partial charge on any atom is -0.344 e. The molecule has 0 aromatic carbocycles. The number of carbonyl (C=O) groups is 1. The van der Waals surface area contributed by atoms with Crippen molar-refractivity contribution in [2.24, 2.45) is 12.8 Å². The Morgan fingerprint density at radius 3 is 3.00 bits per heavy atom. The molecule has 6 heteroatoms. The third-order valence-corrected chi connectivity index (χ3v) is 1.99. The SMILES string of the molecule is Cn1cncc1C[C@@H]([C]=O)NC(=O)CN. The van der Waals surface area contributed by atoms with Crippen LogP contribution in [0.5, 0.6) is 0 Å². The number of carbonyl (C=O) groups excluding carboxylic acids is 2. The van der Waals surface area contributed by atoms with E-state index in [0.29, 0.717) is 6.42 Å². The molecule has 0 spiro atoms. The molecule has 15 heavy (non-hydrogen) atoms. The second-order valence-electron chi connectivity index (χ2n) is 3.14. The van der Waals surface area contributed by atoms with Gasteiger partial charge in [-0.3, -0.25) is 9.59 Å². The maximum absolute atomic E-state index is 11.0. The number of nitrogens with two attached hydrogens (primary N) is 1. The van der Waals surface area contributed by atoms with Gasteiger partial charge in [0.25, 0.3) is 0 Å². The zero-order valence-corrected chi connectivity index (χ0v) is 8.43. The molecule has 1 heterocycles. The highest BCUT2D eigenvalue weighted by molar-refractivity contribution is 5.81. The summed E-state index contributed by atoms with van der Waals surface area (Å²) in [6, 6.07) is -0.670. The molecular formula is C9H13N4O2. The summed E-state index contributed by atoms with van der Waals surface area (Å²) in [5.41, 5.74) is 5.97. The van der Waals surface area contributed by atoms with E-state index in [1.54, 1.807) is 23.4 Å². The molecule has 0 saturated heterocycles. The summed E-state index contributed by atoms with van der Waals surface area (Å²) in [6.07, 6.45) is 5.39. The lowest BCUT2D eigenvalue weighted by Gasteiger charge is -2.11. The van der Waals surface area contributed by atoms with Gasteiger partial charge in [0.05, 0.1) is 12.9 Å². The van der Waals surface area contributed by atoms with Crippen LogP contribution in [0.4, 0.5) is 0 Å². The van der Waals surface area contributed by atoms with Crippen LogP contribution in [-0.2, 0) is 23.1 Å². The molecule has 3 N–H and O–H groups in total. The number of aryl methyl sites for hydroxylation is 1. The molecule has 1 amide bonds. The molecule has 6 nitrogen and oxygen atoms in total. The first-order chi connectivity index (χ1) is 7.17. The van der Waals surface area contributed by atoms with Gasteiger partial charge in [-0.05, 0) is 0 Å². The number of aromatic nitrogens is 2. The molecule has 0 aliphatic heterocycles. The third-order valence-electron chi connectivity index (χ3n) is 1.99. The highest BCUT2D eigenvalue weighted by Crippen LogP contribution is 2.00. The van der Waals surface area contributed by atoms with E-state index >= 15 is 0 Å². The lowest BCUT2D eigenvalue weighted by molar-refractivity contribution is -0.120. The van der Waals surface area contributed by atoms with Gasteiger partial charge in [0.15, 0.2) is 0 Å². The topological polar surface area (TPSA) is 90.0 Å². The Bertz CT molecular complexity index is 348. The molecule has 0 unspecified atom stereocenters. The van der Waals surface area contributed by atoms with E-state index < -0.39 is 6.04 Å². The van der Waals surface area contributed by atoms with E-state index in [1.807, 2.05) is 7.05 Å². The fourth-order valence-electron chi connectivity index (χ4n) is 1.17. The van der Waals surface area contributed by atoms with Crippen molar-refractivity contribution in [3.63, 3.8) is 0 Å². The molecule has 1 rings (SSSR count). The number of imidazole rings is 1. The van der Waals surface area contributed by atoms with E-state index in [-0.39, 0.29) is 12.5 Å². The summed E-state index contributed by atoms with van der Waals surface area (Å²) < 4.78 is 1.78. The maximum Gasteiger partial charge on any atom is 0.234 e. The Hall–Kier alpha value is -1.69. The van der Waals surface area contributed by atoms with Crippen LogP contribution in [0.1, 0.15) is 5.69 Å². The molecule has 81 valence electrons. The molecule has 1 aromatic rings. The van der Waals surface area contributed by atoms with E-state index in [1.165, 1.54) is 0 Å². The van der Waals surface area contributed by atoms with Crippen LogP contribution < -0.4 is 11.1 Å². The van der Waals surface area contributed by atoms with E-state index in [2.05, 4.69) is 10.3 Å². The molecule has 0 aliphatic rings. The Morgan fingerprint density at radius 1 is 1.80 bits per heavy atom. The molecule has 0 aliphatic carbocycles. The summed E-state index contributed by atoms with van der Waals surface area (Å²) in [4.78, 5) is 25.4. The van der Waals surface area contributed by atoms with Crippen LogP contribution in [0.3, 0.4) is 0 Å². The molecule has 0 fully saturated rings. The zero-order valence-electron chi connectivity index (χ0n) is 8.43. The van der Waals surface area contributed by atoms with Crippen LogP contribution in [0.25, 0.3) is 0 Å². The number of hydrogen-bond acceptors (Lipinski definition) is 4. The standard InChI is InChI=1S/C9H13N4O2/c1-13-6-11-4-8(13)2-7(5-14)12-9(15)3-10/h4,6-7H,2-3,10H2,1H3,(H,12,15)/t7-/m0/s1. The first-order valence-corrected chi connectivity index (χ1v) is 4.49. The highest BCUT2D eigenvalue weighted by atomic mass is 16.2.